The highest BCUT2D eigenvalue weighted by Gasteiger charge is 2.44. The molecule has 5 heteroatoms. The monoisotopic (exact) mass is 305 g/mol. The fourth-order valence-corrected chi connectivity index (χ4v) is 3.95. The summed E-state index contributed by atoms with van der Waals surface area (Å²) < 4.78 is 5.77. The van der Waals surface area contributed by atoms with Gasteiger partial charge in [-0.05, 0) is 25.0 Å². The predicted octanol–water partition coefficient (Wildman–Crippen LogP) is 3.12. The quantitative estimate of drug-likeness (QED) is 0.693. The summed E-state index contributed by atoms with van der Waals surface area (Å²) in [6, 6.07) is 9.84. The summed E-state index contributed by atoms with van der Waals surface area (Å²) in [6.45, 7) is 0. The number of carbonyl (C=O) groups is 1. The van der Waals surface area contributed by atoms with Crippen molar-refractivity contribution in [3.05, 3.63) is 59.9 Å². The summed E-state index contributed by atoms with van der Waals surface area (Å²) in [5.74, 6) is 0.395. The third kappa shape index (κ3) is 1.82. The van der Waals surface area contributed by atoms with Crippen molar-refractivity contribution in [2.75, 3.05) is 0 Å². The minimum atomic E-state index is -0.0248. The van der Waals surface area contributed by atoms with Crippen LogP contribution in [0.1, 0.15) is 40.7 Å². The second-order valence-corrected chi connectivity index (χ2v) is 6.24. The fourth-order valence-electron chi connectivity index (χ4n) is 3.95. The molecule has 5 nitrogen and oxygen atoms in total. The molecule has 23 heavy (non-hydrogen) atoms. The average Bonchev–Trinajstić information content (AvgIpc) is 3.15. The minimum Gasteiger partial charge on any atom is -0.451 e. The van der Waals surface area contributed by atoms with Crippen molar-refractivity contribution < 1.29 is 9.21 Å². The van der Waals surface area contributed by atoms with Crippen LogP contribution in [0.4, 0.5) is 0 Å². The molecule has 0 saturated carbocycles. The summed E-state index contributed by atoms with van der Waals surface area (Å²) in [6.07, 6.45) is 6.23. The van der Waals surface area contributed by atoms with Crippen molar-refractivity contribution in [3.63, 3.8) is 0 Å². The van der Waals surface area contributed by atoms with Crippen LogP contribution in [0.5, 0.6) is 0 Å². The number of benzene rings is 1. The predicted molar refractivity (Wildman–Crippen MR) is 83.9 cm³/mol. The van der Waals surface area contributed by atoms with Gasteiger partial charge in [0.2, 0.25) is 0 Å². The number of aromatic nitrogens is 2. The lowest BCUT2D eigenvalue weighted by Crippen LogP contribution is -2.42. The standard InChI is InChI=1S/C18H15N3O2/c22-18(17-7-11-3-1-2-4-16(11)23-17)21-12-5-6-15(21)13-9-19-10-20-14(13)8-12/h1-4,7,9-10,12,15H,5-6,8H2. The molecular formula is C18H15N3O2. The Balaban J connectivity index is 1.56. The molecule has 0 N–H and O–H groups in total. The zero-order valence-electron chi connectivity index (χ0n) is 12.5. The molecule has 3 aromatic rings. The van der Waals surface area contributed by atoms with Crippen molar-refractivity contribution in [1.82, 2.24) is 14.9 Å². The van der Waals surface area contributed by atoms with Gasteiger partial charge in [-0.15, -0.1) is 0 Å². The SMILES string of the molecule is O=C(c1cc2ccccc2o1)N1C2CCC1c1cncnc1C2. The first-order valence-corrected chi connectivity index (χ1v) is 7.91. The van der Waals surface area contributed by atoms with E-state index < -0.39 is 0 Å². The van der Waals surface area contributed by atoms with E-state index in [4.69, 9.17) is 4.42 Å². The third-order valence-electron chi connectivity index (χ3n) is 4.99. The van der Waals surface area contributed by atoms with E-state index in [0.29, 0.717) is 5.76 Å². The molecule has 1 aromatic carbocycles. The van der Waals surface area contributed by atoms with Crippen LogP contribution in [-0.2, 0) is 6.42 Å². The molecule has 5 rings (SSSR count). The molecular weight excluding hydrogens is 290 g/mol. The first-order chi connectivity index (χ1) is 11.3. The molecule has 1 fully saturated rings. The van der Waals surface area contributed by atoms with E-state index in [2.05, 4.69) is 9.97 Å². The van der Waals surface area contributed by atoms with Crippen molar-refractivity contribution in [3.8, 4) is 0 Å². The highest BCUT2D eigenvalue weighted by molar-refractivity contribution is 5.96. The van der Waals surface area contributed by atoms with Crippen LogP contribution in [0.3, 0.4) is 0 Å². The molecule has 2 bridgehead atoms. The molecule has 2 aliphatic heterocycles. The van der Waals surface area contributed by atoms with E-state index in [9.17, 15) is 4.79 Å². The molecule has 0 spiro atoms. The molecule has 114 valence electrons. The zero-order chi connectivity index (χ0) is 15.4. The Kier molecular flexibility index (Phi) is 2.59. The van der Waals surface area contributed by atoms with E-state index in [-0.39, 0.29) is 18.0 Å². The minimum absolute atomic E-state index is 0.0248. The van der Waals surface area contributed by atoms with Crippen LogP contribution >= 0.6 is 0 Å². The molecule has 1 saturated heterocycles. The van der Waals surface area contributed by atoms with E-state index in [0.717, 1.165) is 41.5 Å². The summed E-state index contributed by atoms with van der Waals surface area (Å²) in [5, 5.41) is 0.962. The highest BCUT2D eigenvalue weighted by Crippen LogP contribution is 2.43. The molecule has 2 aromatic heterocycles. The van der Waals surface area contributed by atoms with Crippen molar-refractivity contribution in [1.29, 1.82) is 0 Å². The first-order valence-electron chi connectivity index (χ1n) is 7.91. The number of carbonyl (C=O) groups excluding carboxylic acids is 1. The number of fused-ring (bicyclic) bond motifs is 5. The van der Waals surface area contributed by atoms with Gasteiger partial charge in [0.1, 0.15) is 11.9 Å². The Bertz CT molecular complexity index is 884. The summed E-state index contributed by atoms with van der Waals surface area (Å²) in [7, 11) is 0. The van der Waals surface area contributed by atoms with Gasteiger partial charge in [-0.1, -0.05) is 18.2 Å². The van der Waals surface area contributed by atoms with Crippen LogP contribution in [0, 0.1) is 0 Å². The number of hydrogen-bond donors (Lipinski definition) is 0. The largest absolute Gasteiger partial charge is 0.451 e. The normalized spacial score (nSPS) is 22.3. The number of nitrogens with zero attached hydrogens (tertiary/aromatic N) is 3. The van der Waals surface area contributed by atoms with Crippen LogP contribution < -0.4 is 0 Å². The first kappa shape index (κ1) is 12.8. The fraction of sp³-hybridized carbons (Fsp3) is 0.278. The van der Waals surface area contributed by atoms with Gasteiger partial charge in [-0.25, -0.2) is 9.97 Å². The topological polar surface area (TPSA) is 59.2 Å². The maximum Gasteiger partial charge on any atom is 0.290 e. The molecule has 2 atom stereocenters. The third-order valence-corrected chi connectivity index (χ3v) is 4.99. The molecule has 0 aliphatic carbocycles. The number of rotatable bonds is 1. The lowest BCUT2D eigenvalue weighted by Gasteiger charge is -2.34. The second kappa shape index (κ2) is 4.65. The zero-order valence-corrected chi connectivity index (χ0v) is 12.5. The van der Waals surface area contributed by atoms with Gasteiger partial charge < -0.3 is 9.32 Å². The number of furan rings is 1. The van der Waals surface area contributed by atoms with Crippen LogP contribution in [0.2, 0.25) is 0 Å². The Morgan fingerprint density at radius 2 is 2.17 bits per heavy atom. The Morgan fingerprint density at radius 3 is 3.09 bits per heavy atom. The van der Waals surface area contributed by atoms with Gasteiger partial charge in [0, 0.05) is 29.6 Å². The number of para-hydroxylation sites is 1. The summed E-state index contributed by atoms with van der Waals surface area (Å²) >= 11 is 0. The van der Waals surface area contributed by atoms with Gasteiger partial charge in [0.05, 0.1) is 11.7 Å². The molecule has 0 radical (unpaired) electrons. The van der Waals surface area contributed by atoms with Crippen molar-refractivity contribution >= 4 is 16.9 Å². The van der Waals surface area contributed by atoms with Crippen LogP contribution in [0.15, 0.2) is 47.3 Å². The summed E-state index contributed by atoms with van der Waals surface area (Å²) in [5.41, 5.74) is 2.93. The molecule has 4 heterocycles. The van der Waals surface area contributed by atoms with Crippen molar-refractivity contribution in [2.45, 2.75) is 31.3 Å². The Morgan fingerprint density at radius 1 is 1.26 bits per heavy atom. The van der Waals surface area contributed by atoms with Gasteiger partial charge >= 0.3 is 0 Å². The van der Waals surface area contributed by atoms with Gasteiger partial charge in [0.15, 0.2) is 5.76 Å². The Labute approximate surface area is 133 Å². The maximum absolute atomic E-state index is 13.0. The molecule has 1 amide bonds. The smallest absolute Gasteiger partial charge is 0.290 e. The van der Waals surface area contributed by atoms with Crippen LogP contribution in [-0.4, -0.2) is 26.8 Å². The highest BCUT2D eigenvalue weighted by atomic mass is 16.3. The average molecular weight is 305 g/mol. The molecule has 2 unspecified atom stereocenters. The van der Waals surface area contributed by atoms with Crippen molar-refractivity contribution in [2.24, 2.45) is 0 Å². The van der Waals surface area contributed by atoms with E-state index in [1.807, 2.05) is 41.4 Å². The second-order valence-electron chi connectivity index (χ2n) is 6.24. The number of hydrogen-bond acceptors (Lipinski definition) is 4. The Hall–Kier alpha value is -2.69. The molecule has 2 aliphatic rings. The van der Waals surface area contributed by atoms with E-state index >= 15 is 0 Å². The maximum atomic E-state index is 13.0. The van der Waals surface area contributed by atoms with Crippen LogP contribution in [0.25, 0.3) is 11.0 Å². The lowest BCUT2D eigenvalue weighted by atomic mass is 9.99. The van der Waals surface area contributed by atoms with Gasteiger partial charge in [-0.3, -0.25) is 4.79 Å². The van der Waals surface area contributed by atoms with Gasteiger partial charge in [-0.2, -0.15) is 0 Å². The van der Waals surface area contributed by atoms with E-state index in [1.165, 1.54) is 0 Å². The van der Waals surface area contributed by atoms with E-state index in [1.54, 1.807) is 6.33 Å². The lowest BCUT2D eigenvalue weighted by molar-refractivity contribution is 0.0613. The number of amides is 1. The van der Waals surface area contributed by atoms with Gasteiger partial charge in [0.25, 0.3) is 5.91 Å². The summed E-state index contributed by atoms with van der Waals surface area (Å²) in [4.78, 5) is 23.5.